The Morgan fingerprint density at radius 2 is 1.75 bits per heavy atom. The number of esters is 1. The number of aromatic nitrogens is 3. The molecular weight excluding hydrogens is 364 g/mol. The van der Waals surface area contributed by atoms with E-state index in [1.165, 1.54) is 38.0 Å². The molecule has 144 valence electrons. The maximum Gasteiger partial charge on any atom is 0.337 e. The van der Waals surface area contributed by atoms with Crippen LogP contribution in [0.15, 0.2) is 46.1 Å². The zero-order chi connectivity index (χ0) is 20.4. The van der Waals surface area contributed by atoms with Gasteiger partial charge in [0, 0.05) is 26.8 Å². The maximum atomic E-state index is 12.4. The molecule has 0 saturated carbocycles. The van der Waals surface area contributed by atoms with E-state index in [9.17, 15) is 19.2 Å². The molecule has 0 radical (unpaired) electrons. The number of hydrogen-bond donors (Lipinski definition) is 1. The first-order valence-corrected chi connectivity index (χ1v) is 8.34. The van der Waals surface area contributed by atoms with Gasteiger partial charge in [-0.15, -0.1) is 0 Å². The van der Waals surface area contributed by atoms with Crippen molar-refractivity contribution in [3.05, 3.63) is 74.1 Å². The lowest BCUT2D eigenvalue weighted by Gasteiger charge is -2.09. The normalized spacial score (nSPS) is 10.7. The molecule has 2 heterocycles. The second-order valence-corrected chi connectivity index (χ2v) is 6.17. The number of hydrogen-bond acceptors (Lipinski definition) is 6. The molecule has 0 aliphatic rings. The van der Waals surface area contributed by atoms with Crippen LogP contribution >= 0.6 is 0 Å². The van der Waals surface area contributed by atoms with Gasteiger partial charge in [-0.2, -0.15) is 0 Å². The Morgan fingerprint density at radius 3 is 2.39 bits per heavy atom. The molecule has 1 aromatic carbocycles. The Labute approximate surface area is 159 Å². The number of nitrogens with one attached hydrogen (secondary N) is 1. The molecule has 9 heteroatoms. The van der Waals surface area contributed by atoms with Crippen molar-refractivity contribution in [1.82, 2.24) is 19.4 Å². The van der Waals surface area contributed by atoms with E-state index in [1.54, 1.807) is 24.3 Å². The Hall–Kier alpha value is -3.75. The Bertz CT molecular complexity index is 1190. The first-order valence-electron chi connectivity index (χ1n) is 8.34. The highest BCUT2D eigenvalue weighted by atomic mass is 16.5. The summed E-state index contributed by atoms with van der Waals surface area (Å²) in [6, 6.07) is 8.04. The molecule has 28 heavy (non-hydrogen) atoms. The molecule has 3 aromatic rings. The van der Waals surface area contributed by atoms with Crippen LogP contribution in [0.2, 0.25) is 0 Å². The summed E-state index contributed by atoms with van der Waals surface area (Å²) in [5.41, 5.74) is 0.611. The first kappa shape index (κ1) is 19.0. The summed E-state index contributed by atoms with van der Waals surface area (Å²) >= 11 is 0. The van der Waals surface area contributed by atoms with Gasteiger partial charge in [0.15, 0.2) is 0 Å². The van der Waals surface area contributed by atoms with Gasteiger partial charge in [0.2, 0.25) is 0 Å². The van der Waals surface area contributed by atoms with Crippen LogP contribution in [0.4, 0.5) is 0 Å². The molecule has 1 N–H and O–H groups in total. The fourth-order valence-electron chi connectivity index (χ4n) is 2.75. The second kappa shape index (κ2) is 7.47. The van der Waals surface area contributed by atoms with E-state index >= 15 is 0 Å². The van der Waals surface area contributed by atoms with Gasteiger partial charge in [0.25, 0.3) is 11.5 Å². The molecule has 1 amide bonds. The number of methoxy groups -OCH3 is 1. The van der Waals surface area contributed by atoms with E-state index in [0.29, 0.717) is 5.56 Å². The van der Waals surface area contributed by atoms with Gasteiger partial charge < -0.3 is 10.1 Å². The number of amides is 1. The first-order chi connectivity index (χ1) is 13.3. The topological polar surface area (TPSA) is 112 Å². The molecule has 0 atom stereocenters. The van der Waals surface area contributed by atoms with E-state index in [2.05, 4.69) is 15.0 Å². The van der Waals surface area contributed by atoms with Crippen LogP contribution in [0.1, 0.15) is 26.3 Å². The molecule has 0 bridgehead atoms. The number of aryl methyl sites for hydroxylation is 1. The van der Waals surface area contributed by atoms with Crippen LogP contribution in [0.25, 0.3) is 11.0 Å². The summed E-state index contributed by atoms with van der Waals surface area (Å²) in [5, 5.41) is 2.91. The van der Waals surface area contributed by atoms with Crippen molar-refractivity contribution in [3.8, 4) is 0 Å². The van der Waals surface area contributed by atoms with Crippen molar-refractivity contribution in [2.24, 2.45) is 14.1 Å². The quantitative estimate of drug-likeness (QED) is 0.652. The minimum atomic E-state index is -0.515. The lowest BCUT2D eigenvalue weighted by molar-refractivity contribution is 0.0600. The number of carbonyl (C=O) groups is 2. The maximum absolute atomic E-state index is 12.4. The smallest absolute Gasteiger partial charge is 0.337 e. The monoisotopic (exact) mass is 382 g/mol. The van der Waals surface area contributed by atoms with Crippen LogP contribution in [0, 0.1) is 0 Å². The summed E-state index contributed by atoms with van der Waals surface area (Å²) in [6.45, 7) is 0.226. The molecular formula is C19H18N4O5. The highest BCUT2D eigenvalue weighted by Gasteiger charge is 2.13. The van der Waals surface area contributed by atoms with Crippen molar-refractivity contribution in [3.63, 3.8) is 0 Å². The second-order valence-electron chi connectivity index (χ2n) is 6.17. The molecule has 3 rings (SSSR count). The number of nitrogens with zero attached hydrogens (tertiary/aromatic N) is 3. The predicted octanol–water partition coefficient (Wildman–Crippen LogP) is 0.349. The van der Waals surface area contributed by atoms with Gasteiger partial charge in [-0.05, 0) is 23.8 Å². The summed E-state index contributed by atoms with van der Waals surface area (Å²) in [4.78, 5) is 52.2. The fourth-order valence-corrected chi connectivity index (χ4v) is 2.75. The lowest BCUT2D eigenvalue weighted by Crippen LogP contribution is -2.37. The lowest BCUT2D eigenvalue weighted by atomic mass is 10.1. The average molecular weight is 382 g/mol. The predicted molar refractivity (Wildman–Crippen MR) is 101 cm³/mol. The minimum absolute atomic E-state index is 0.180. The van der Waals surface area contributed by atoms with Crippen LogP contribution < -0.4 is 16.6 Å². The van der Waals surface area contributed by atoms with Crippen molar-refractivity contribution in [1.29, 1.82) is 0 Å². The molecule has 0 spiro atoms. The molecule has 0 aliphatic heterocycles. The summed E-state index contributed by atoms with van der Waals surface area (Å²) in [7, 11) is 4.18. The number of rotatable bonds is 4. The third-order valence-corrected chi connectivity index (χ3v) is 4.38. The summed E-state index contributed by atoms with van der Waals surface area (Å²) in [5.74, 6) is -0.851. The van der Waals surface area contributed by atoms with Crippen LogP contribution in [0.5, 0.6) is 0 Å². The molecule has 2 aromatic heterocycles. The van der Waals surface area contributed by atoms with Crippen molar-refractivity contribution in [2.75, 3.05) is 7.11 Å². The minimum Gasteiger partial charge on any atom is -0.465 e. The highest BCUT2D eigenvalue weighted by molar-refractivity contribution is 5.96. The number of fused-ring (bicyclic) bond motifs is 1. The average Bonchev–Trinajstić information content (AvgIpc) is 2.73. The molecule has 9 nitrogen and oxygen atoms in total. The van der Waals surface area contributed by atoms with Gasteiger partial charge in [0.1, 0.15) is 5.65 Å². The SMILES string of the molecule is COC(=O)c1ccc(CNC(=O)c2cnc3c(c2)c(=O)n(C)c(=O)n3C)cc1. The molecule has 0 fully saturated rings. The highest BCUT2D eigenvalue weighted by Crippen LogP contribution is 2.09. The fraction of sp³-hybridized carbons (Fsp3) is 0.211. The Kier molecular flexibility index (Phi) is 5.08. The number of ether oxygens (including phenoxy) is 1. The van der Waals surface area contributed by atoms with Gasteiger partial charge in [-0.25, -0.2) is 14.6 Å². The van der Waals surface area contributed by atoms with E-state index in [1.807, 2.05) is 0 Å². The van der Waals surface area contributed by atoms with Gasteiger partial charge in [-0.1, -0.05) is 12.1 Å². The molecule has 0 unspecified atom stereocenters. The van der Waals surface area contributed by atoms with E-state index in [-0.39, 0.29) is 23.1 Å². The zero-order valence-corrected chi connectivity index (χ0v) is 15.6. The molecule has 0 saturated heterocycles. The largest absolute Gasteiger partial charge is 0.465 e. The zero-order valence-electron chi connectivity index (χ0n) is 15.6. The molecule has 0 aliphatic carbocycles. The van der Waals surface area contributed by atoms with Gasteiger partial charge >= 0.3 is 11.7 Å². The Morgan fingerprint density at radius 1 is 1.07 bits per heavy atom. The van der Waals surface area contributed by atoms with E-state index in [0.717, 1.165) is 10.1 Å². The third-order valence-electron chi connectivity index (χ3n) is 4.38. The number of pyridine rings is 1. The van der Waals surface area contributed by atoms with Gasteiger partial charge in [0.05, 0.1) is 23.6 Å². The van der Waals surface area contributed by atoms with E-state index < -0.39 is 23.1 Å². The van der Waals surface area contributed by atoms with Crippen molar-refractivity contribution < 1.29 is 14.3 Å². The summed E-state index contributed by atoms with van der Waals surface area (Å²) < 4.78 is 6.86. The number of carbonyl (C=O) groups excluding carboxylic acids is 2. The van der Waals surface area contributed by atoms with Crippen LogP contribution in [0.3, 0.4) is 0 Å². The number of benzene rings is 1. The van der Waals surface area contributed by atoms with Crippen LogP contribution in [-0.4, -0.2) is 33.1 Å². The third kappa shape index (κ3) is 3.41. The van der Waals surface area contributed by atoms with Gasteiger partial charge in [-0.3, -0.25) is 18.7 Å². The summed E-state index contributed by atoms with van der Waals surface area (Å²) in [6.07, 6.45) is 1.32. The standard InChI is InChI=1S/C19H18N4O5/c1-22-15-14(17(25)23(2)19(22)27)8-13(10-20-15)16(24)21-9-11-4-6-12(7-5-11)18(26)28-3/h4-8,10H,9H2,1-3H3,(H,21,24). The van der Waals surface area contributed by atoms with Crippen molar-refractivity contribution >= 4 is 22.9 Å². The van der Waals surface area contributed by atoms with Crippen LogP contribution in [-0.2, 0) is 25.4 Å². The van der Waals surface area contributed by atoms with Crippen molar-refractivity contribution in [2.45, 2.75) is 6.54 Å². The Balaban J connectivity index is 1.81. The van der Waals surface area contributed by atoms with E-state index in [4.69, 9.17) is 0 Å².